The van der Waals surface area contributed by atoms with E-state index in [1.54, 1.807) is 20.8 Å². The van der Waals surface area contributed by atoms with Gasteiger partial charge in [0, 0.05) is 11.7 Å². The number of nitrogens with one attached hydrogen (secondary N) is 2. The van der Waals surface area contributed by atoms with Gasteiger partial charge in [-0.25, -0.2) is 4.79 Å². The van der Waals surface area contributed by atoms with Crippen molar-refractivity contribution in [2.45, 2.75) is 78.6 Å². The third-order valence-corrected chi connectivity index (χ3v) is 6.63. The molecular weight excluding hydrogens is 470 g/mol. The standard InChI is InChI=1S/C29H39N3O5/c1-17-12-13-21(14-19(17)3)25(26(34)30-22-11-9-8-10-18(22)2)32(24-15-20(24)4)27(35)23(16-33)31-28(36)37-29(5,6)7/h8-14,20,23-25,33H,15-16H2,1-7H3,(H,30,34)(H,31,36). The third kappa shape index (κ3) is 7.10. The number of carbonyl (C=O) groups is 3. The zero-order valence-electron chi connectivity index (χ0n) is 22.8. The number of aliphatic hydroxyl groups is 1. The highest BCUT2D eigenvalue weighted by Gasteiger charge is 2.48. The number of aliphatic hydroxyl groups excluding tert-OH is 1. The molecule has 0 spiro atoms. The van der Waals surface area contributed by atoms with E-state index in [4.69, 9.17) is 4.74 Å². The zero-order valence-corrected chi connectivity index (χ0v) is 22.8. The number of nitrogens with zero attached hydrogens (tertiary/aromatic N) is 1. The highest BCUT2D eigenvalue weighted by atomic mass is 16.6. The first-order valence-electron chi connectivity index (χ1n) is 12.7. The van der Waals surface area contributed by atoms with Crippen molar-refractivity contribution in [3.63, 3.8) is 0 Å². The van der Waals surface area contributed by atoms with E-state index in [9.17, 15) is 19.5 Å². The number of alkyl carbamates (subject to hydrolysis) is 1. The van der Waals surface area contributed by atoms with Crippen molar-refractivity contribution in [1.82, 2.24) is 10.2 Å². The molecule has 1 saturated carbocycles. The summed E-state index contributed by atoms with van der Waals surface area (Å²) in [6.07, 6.45) is -0.0919. The van der Waals surface area contributed by atoms with Gasteiger partial charge < -0.3 is 25.4 Å². The fourth-order valence-corrected chi connectivity index (χ4v) is 4.27. The Balaban J connectivity index is 2.02. The molecule has 3 N–H and O–H groups in total. The number of hydrogen-bond acceptors (Lipinski definition) is 5. The van der Waals surface area contributed by atoms with Gasteiger partial charge in [0.15, 0.2) is 0 Å². The first-order chi connectivity index (χ1) is 17.3. The maximum Gasteiger partial charge on any atom is 0.408 e. The summed E-state index contributed by atoms with van der Waals surface area (Å²) in [6.45, 7) is 12.4. The van der Waals surface area contributed by atoms with Crippen molar-refractivity contribution in [3.05, 3.63) is 64.7 Å². The summed E-state index contributed by atoms with van der Waals surface area (Å²) < 4.78 is 5.30. The molecule has 37 heavy (non-hydrogen) atoms. The van der Waals surface area contributed by atoms with Crippen LogP contribution in [-0.2, 0) is 14.3 Å². The average molecular weight is 510 g/mol. The van der Waals surface area contributed by atoms with E-state index in [1.165, 1.54) is 4.90 Å². The van der Waals surface area contributed by atoms with Crippen LogP contribution in [0.5, 0.6) is 0 Å². The molecule has 1 aliphatic carbocycles. The molecule has 8 heteroatoms. The van der Waals surface area contributed by atoms with E-state index in [0.29, 0.717) is 11.3 Å². The van der Waals surface area contributed by atoms with Gasteiger partial charge in [0.05, 0.1) is 6.61 Å². The Labute approximate surface area is 219 Å². The predicted molar refractivity (Wildman–Crippen MR) is 143 cm³/mol. The molecule has 3 amide bonds. The number of aryl methyl sites for hydroxylation is 3. The summed E-state index contributed by atoms with van der Waals surface area (Å²) in [5, 5.41) is 15.6. The maximum atomic E-state index is 13.9. The lowest BCUT2D eigenvalue weighted by atomic mass is 9.98. The Morgan fingerprint density at radius 1 is 1.05 bits per heavy atom. The average Bonchev–Trinajstić information content (AvgIpc) is 3.53. The summed E-state index contributed by atoms with van der Waals surface area (Å²) in [4.78, 5) is 41.8. The van der Waals surface area contributed by atoms with Gasteiger partial charge in [0.25, 0.3) is 5.91 Å². The fraction of sp³-hybridized carbons (Fsp3) is 0.483. The minimum absolute atomic E-state index is 0.171. The van der Waals surface area contributed by atoms with Gasteiger partial charge in [-0.2, -0.15) is 0 Å². The lowest BCUT2D eigenvalue weighted by Gasteiger charge is -2.35. The van der Waals surface area contributed by atoms with Gasteiger partial charge in [0.1, 0.15) is 17.7 Å². The van der Waals surface area contributed by atoms with E-state index < -0.39 is 36.3 Å². The Hall–Kier alpha value is -3.39. The number of anilines is 1. The summed E-state index contributed by atoms with van der Waals surface area (Å²) in [6, 6.07) is 10.7. The molecule has 0 aromatic heterocycles. The molecule has 1 fully saturated rings. The topological polar surface area (TPSA) is 108 Å². The summed E-state index contributed by atoms with van der Waals surface area (Å²) in [5.41, 5.74) is 3.51. The van der Waals surface area contributed by atoms with Crippen LogP contribution in [0.2, 0.25) is 0 Å². The van der Waals surface area contributed by atoms with Crippen molar-refractivity contribution in [3.8, 4) is 0 Å². The maximum absolute atomic E-state index is 13.9. The van der Waals surface area contributed by atoms with E-state index >= 15 is 0 Å². The largest absolute Gasteiger partial charge is 0.444 e. The molecule has 4 unspecified atom stereocenters. The minimum atomic E-state index is -1.26. The van der Waals surface area contributed by atoms with Crippen LogP contribution in [0.3, 0.4) is 0 Å². The van der Waals surface area contributed by atoms with Crippen LogP contribution < -0.4 is 10.6 Å². The molecule has 4 atom stereocenters. The van der Waals surface area contributed by atoms with Gasteiger partial charge in [-0.05, 0) is 82.2 Å². The number of para-hydroxylation sites is 1. The van der Waals surface area contributed by atoms with Crippen LogP contribution in [0, 0.1) is 26.7 Å². The number of amides is 3. The minimum Gasteiger partial charge on any atom is -0.444 e. The van der Waals surface area contributed by atoms with Crippen LogP contribution in [0.25, 0.3) is 0 Å². The monoisotopic (exact) mass is 509 g/mol. The first kappa shape index (κ1) is 28.2. The van der Waals surface area contributed by atoms with Gasteiger partial charge >= 0.3 is 6.09 Å². The highest BCUT2D eigenvalue weighted by Crippen LogP contribution is 2.41. The first-order valence-corrected chi connectivity index (χ1v) is 12.7. The van der Waals surface area contributed by atoms with E-state index in [1.807, 2.05) is 70.2 Å². The number of ether oxygens (including phenoxy) is 1. The molecule has 2 aromatic carbocycles. The lowest BCUT2D eigenvalue weighted by Crippen LogP contribution is -2.54. The number of hydrogen-bond donors (Lipinski definition) is 3. The van der Waals surface area contributed by atoms with Crippen molar-refractivity contribution in [2.75, 3.05) is 11.9 Å². The predicted octanol–water partition coefficient (Wildman–Crippen LogP) is 4.41. The van der Waals surface area contributed by atoms with Crippen LogP contribution in [0.15, 0.2) is 42.5 Å². The molecule has 0 bridgehead atoms. The van der Waals surface area contributed by atoms with Crippen LogP contribution in [0.1, 0.15) is 62.4 Å². The van der Waals surface area contributed by atoms with Crippen LogP contribution in [-0.4, -0.2) is 52.2 Å². The molecule has 0 heterocycles. The number of rotatable bonds is 8. The number of carbonyl (C=O) groups excluding carboxylic acids is 3. The van der Waals surface area contributed by atoms with Gasteiger partial charge in [0.2, 0.25) is 5.91 Å². The van der Waals surface area contributed by atoms with Crippen molar-refractivity contribution < 1.29 is 24.2 Å². The third-order valence-electron chi connectivity index (χ3n) is 6.63. The normalized spacial score (nSPS) is 18.4. The molecule has 3 rings (SSSR count). The molecule has 8 nitrogen and oxygen atoms in total. The Bertz CT molecular complexity index is 1160. The van der Waals surface area contributed by atoms with E-state index in [0.717, 1.165) is 23.1 Å². The molecular formula is C29H39N3O5. The second-order valence-corrected chi connectivity index (χ2v) is 11.0. The molecule has 2 aromatic rings. The summed E-state index contributed by atoms with van der Waals surface area (Å²) in [7, 11) is 0. The summed E-state index contributed by atoms with van der Waals surface area (Å²) in [5.74, 6) is -0.727. The van der Waals surface area contributed by atoms with Crippen molar-refractivity contribution >= 4 is 23.6 Å². The smallest absolute Gasteiger partial charge is 0.408 e. The quantitative estimate of drug-likeness (QED) is 0.488. The van der Waals surface area contributed by atoms with E-state index in [2.05, 4.69) is 10.6 Å². The molecule has 1 aliphatic rings. The van der Waals surface area contributed by atoms with Gasteiger partial charge in [-0.1, -0.05) is 43.3 Å². The van der Waals surface area contributed by atoms with Crippen molar-refractivity contribution in [1.29, 1.82) is 0 Å². The summed E-state index contributed by atoms with van der Waals surface area (Å²) >= 11 is 0. The Morgan fingerprint density at radius 3 is 2.24 bits per heavy atom. The molecule has 0 radical (unpaired) electrons. The zero-order chi connectivity index (χ0) is 27.5. The second kappa shape index (κ2) is 11.3. The molecule has 200 valence electrons. The van der Waals surface area contributed by atoms with Crippen LogP contribution >= 0.6 is 0 Å². The van der Waals surface area contributed by atoms with Crippen LogP contribution in [0.4, 0.5) is 10.5 Å². The lowest BCUT2D eigenvalue weighted by molar-refractivity contribution is -0.142. The SMILES string of the molecule is Cc1ccc(C(C(=O)Nc2ccccc2C)N(C(=O)C(CO)NC(=O)OC(C)(C)C)C2CC2C)cc1C. The molecule has 0 saturated heterocycles. The van der Waals surface area contributed by atoms with Gasteiger partial charge in [-0.3, -0.25) is 9.59 Å². The van der Waals surface area contributed by atoms with Gasteiger partial charge in [-0.15, -0.1) is 0 Å². The highest BCUT2D eigenvalue weighted by molar-refractivity contribution is 5.99. The Morgan fingerprint density at radius 2 is 1.70 bits per heavy atom. The van der Waals surface area contributed by atoms with Crippen molar-refractivity contribution in [2.24, 2.45) is 5.92 Å². The van der Waals surface area contributed by atoms with E-state index in [-0.39, 0.29) is 17.9 Å². The molecule has 0 aliphatic heterocycles. The second-order valence-electron chi connectivity index (χ2n) is 11.0. The number of benzene rings is 2. The Kier molecular flexibility index (Phi) is 8.64. The fourth-order valence-electron chi connectivity index (χ4n) is 4.27.